The molecule has 3 rings (SSSR count). The molecule has 0 aliphatic carbocycles. The number of nitrogens with zero attached hydrogens (tertiary/aromatic N) is 3. The van der Waals surface area contributed by atoms with Crippen LogP contribution in [0.2, 0.25) is 0 Å². The Labute approximate surface area is 121 Å². The van der Waals surface area contributed by atoms with E-state index in [1.165, 1.54) is 4.88 Å². The van der Waals surface area contributed by atoms with Crippen molar-refractivity contribution in [3.8, 4) is 0 Å². The number of aryl methyl sites for hydroxylation is 1. The van der Waals surface area contributed by atoms with E-state index in [-0.39, 0.29) is 12.1 Å². The topological polar surface area (TPSA) is 58.5 Å². The third-order valence-corrected chi connectivity index (χ3v) is 4.32. The SMILES string of the molecule is CC(NC(c1cccs1)c1nccn1C)c1cn[nH]c1. The predicted molar refractivity (Wildman–Crippen MR) is 79.5 cm³/mol. The highest BCUT2D eigenvalue weighted by Crippen LogP contribution is 2.27. The molecule has 6 heteroatoms. The van der Waals surface area contributed by atoms with Crippen LogP contribution in [-0.4, -0.2) is 19.7 Å². The van der Waals surface area contributed by atoms with Gasteiger partial charge in [-0.1, -0.05) is 6.07 Å². The summed E-state index contributed by atoms with van der Waals surface area (Å²) in [7, 11) is 2.02. The van der Waals surface area contributed by atoms with Crippen LogP contribution in [0.1, 0.15) is 35.3 Å². The van der Waals surface area contributed by atoms with Crippen LogP contribution in [-0.2, 0) is 7.05 Å². The summed E-state index contributed by atoms with van der Waals surface area (Å²) in [5, 5.41) is 12.6. The van der Waals surface area contributed by atoms with Crippen molar-refractivity contribution >= 4 is 11.3 Å². The second-order valence-electron chi connectivity index (χ2n) is 4.76. The molecule has 0 bridgehead atoms. The Balaban J connectivity index is 1.89. The number of hydrogen-bond donors (Lipinski definition) is 2. The fourth-order valence-electron chi connectivity index (χ4n) is 2.24. The third-order valence-electron chi connectivity index (χ3n) is 3.38. The Kier molecular flexibility index (Phi) is 3.66. The van der Waals surface area contributed by atoms with E-state index in [9.17, 15) is 0 Å². The zero-order valence-corrected chi connectivity index (χ0v) is 12.3. The lowest BCUT2D eigenvalue weighted by atomic mass is 10.1. The first-order chi connectivity index (χ1) is 9.75. The van der Waals surface area contributed by atoms with Gasteiger partial charge in [0, 0.05) is 42.1 Å². The van der Waals surface area contributed by atoms with E-state index in [1.807, 2.05) is 31.8 Å². The van der Waals surface area contributed by atoms with E-state index in [4.69, 9.17) is 0 Å². The Hall–Kier alpha value is -1.92. The molecule has 0 saturated carbocycles. The molecule has 104 valence electrons. The second kappa shape index (κ2) is 5.60. The van der Waals surface area contributed by atoms with Crippen LogP contribution < -0.4 is 5.32 Å². The molecule has 0 saturated heterocycles. The van der Waals surface area contributed by atoms with Gasteiger partial charge in [-0.15, -0.1) is 11.3 Å². The molecular formula is C14H17N5S. The standard InChI is InChI=1S/C14H17N5S/c1-10(11-8-16-17-9-11)18-13(12-4-3-7-20-12)14-15-5-6-19(14)2/h3-10,13,18H,1-2H3,(H,16,17). The lowest BCUT2D eigenvalue weighted by Crippen LogP contribution is -2.27. The molecule has 2 N–H and O–H groups in total. The molecular weight excluding hydrogens is 270 g/mol. The fourth-order valence-corrected chi connectivity index (χ4v) is 3.02. The van der Waals surface area contributed by atoms with Crippen molar-refractivity contribution < 1.29 is 0 Å². The number of aromatic amines is 1. The minimum atomic E-state index is 0.0832. The van der Waals surface area contributed by atoms with Crippen molar-refractivity contribution in [3.63, 3.8) is 0 Å². The van der Waals surface area contributed by atoms with Crippen LogP contribution in [0.5, 0.6) is 0 Å². The highest BCUT2D eigenvalue weighted by atomic mass is 32.1. The average molecular weight is 287 g/mol. The Morgan fingerprint density at radius 2 is 2.35 bits per heavy atom. The van der Waals surface area contributed by atoms with E-state index in [0.717, 1.165) is 11.4 Å². The molecule has 3 aromatic heterocycles. The lowest BCUT2D eigenvalue weighted by molar-refractivity contribution is 0.494. The number of hydrogen-bond acceptors (Lipinski definition) is 4. The molecule has 0 radical (unpaired) electrons. The van der Waals surface area contributed by atoms with Gasteiger partial charge in [-0.25, -0.2) is 4.98 Å². The van der Waals surface area contributed by atoms with Crippen LogP contribution in [0.25, 0.3) is 0 Å². The Morgan fingerprint density at radius 1 is 1.45 bits per heavy atom. The van der Waals surface area contributed by atoms with E-state index < -0.39 is 0 Å². The molecule has 3 aromatic rings. The van der Waals surface area contributed by atoms with Crippen molar-refractivity contribution in [1.29, 1.82) is 0 Å². The van der Waals surface area contributed by atoms with Crippen LogP contribution in [0.15, 0.2) is 42.3 Å². The van der Waals surface area contributed by atoms with Gasteiger partial charge in [-0.2, -0.15) is 5.10 Å². The maximum absolute atomic E-state index is 4.49. The summed E-state index contributed by atoms with van der Waals surface area (Å²) in [4.78, 5) is 5.75. The summed E-state index contributed by atoms with van der Waals surface area (Å²) in [5.41, 5.74) is 1.14. The highest BCUT2D eigenvalue weighted by Gasteiger charge is 2.22. The average Bonchev–Trinajstić information content (AvgIpc) is 3.18. The quantitative estimate of drug-likeness (QED) is 0.758. The summed E-state index contributed by atoms with van der Waals surface area (Å²) in [6.07, 6.45) is 7.57. The highest BCUT2D eigenvalue weighted by molar-refractivity contribution is 7.10. The fraction of sp³-hybridized carbons (Fsp3) is 0.286. The molecule has 2 unspecified atom stereocenters. The van der Waals surface area contributed by atoms with Gasteiger partial charge in [-0.05, 0) is 18.4 Å². The Bertz CT molecular complexity index is 641. The largest absolute Gasteiger partial charge is 0.336 e. The van der Waals surface area contributed by atoms with Crippen molar-refractivity contribution in [3.05, 3.63) is 58.6 Å². The zero-order valence-electron chi connectivity index (χ0n) is 11.4. The van der Waals surface area contributed by atoms with Gasteiger partial charge >= 0.3 is 0 Å². The summed E-state index contributed by atoms with van der Waals surface area (Å²) in [6.45, 7) is 2.13. The van der Waals surface area contributed by atoms with Crippen LogP contribution in [0.3, 0.4) is 0 Å². The van der Waals surface area contributed by atoms with E-state index >= 15 is 0 Å². The molecule has 0 amide bonds. The van der Waals surface area contributed by atoms with Gasteiger partial charge in [0.1, 0.15) is 11.9 Å². The molecule has 0 spiro atoms. The van der Waals surface area contributed by atoms with Gasteiger partial charge in [0.25, 0.3) is 0 Å². The molecule has 0 fully saturated rings. The van der Waals surface area contributed by atoms with Crippen LogP contribution in [0.4, 0.5) is 0 Å². The van der Waals surface area contributed by atoms with Crippen molar-refractivity contribution in [2.24, 2.45) is 7.05 Å². The maximum Gasteiger partial charge on any atom is 0.131 e. The zero-order chi connectivity index (χ0) is 13.9. The summed E-state index contributed by atoms with van der Waals surface area (Å²) >= 11 is 1.74. The minimum absolute atomic E-state index is 0.0832. The smallest absolute Gasteiger partial charge is 0.131 e. The minimum Gasteiger partial charge on any atom is -0.336 e. The number of rotatable bonds is 5. The number of H-pyrrole nitrogens is 1. The normalized spacial score (nSPS) is 14.3. The third kappa shape index (κ3) is 2.52. The number of thiophene rings is 1. The molecule has 5 nitrogen and oxygen atoms in total. The molecule has 3 heterocycles. The van der Waals surface area contributed by atoms with Gasteiger partial charge in [-0.3, -0.25) is 10.4 Å². The van der Waals surface area contributed by atoms with Gasteiger partial charge in [0.2, 0.25) is 0 Å². The van der Waals surface area contributed by atoms with Gasteiger partial charge in [0.05, 0.1) is 6.20 Å². The predicted octanol–water partition coefficient (Wildman–Crippen LogP) is 2.64. The van der Waals surface area contributed by atoms with E-state index in [1.54, 1.807) is 11.3 Å². The summed E-state index contributed by atoms with van der Waals surface area (Å²) < 4.78 is 2.06. The lowest BCUT2D eigenvalue weighted by Gasteiger charge is -2.21. The van der Waals surface area contributed by atoms with Crippen LogP contribution >= 0.6 is 11.3 Å². The summed E-state index contributed by atoms with van der Waals surface area (Å²) in [5.74, 6) is 1.02. The monoisotopic (exact) mass is 287 g/mol. The van der Waals surface area contributed by atoms with Gasteiger partial charge in [0.15, 0.2) is 0 Å². The Morgan fingerprint density at radius 3 is 2.95 bits per heavy atom. The molecule has 20 heavy (non-hydrogen) atoms. The van der Waals surface area contributed by atoms with Crippen molar-refractivity contribution in [1.82, 2.24) is 25.1 Å². The summed E-state index contributed by atoms with van der Waals surface area (Å²) in [6, 6.07) is 4.48. The molecule has 0 aliphatic rings. The maximum atomic E-state index is 4.49. The molecule has 0 aliphatic heterocycles. The number of nitrogens with one attached hydrogen (secondary N) is 2. The molecule has 2 atom stereocenters. The van der Waals surface area contributed by atoms with Crippen LogP contribution in [0, 0.1) is 0 Å². The first kappa shape index (κ1) is 13.1. The number of aromatic nitrogens is 4. The van der Waals surface area contributed by atoms with Crippen molar-refractivity contribution in [2.45, 2.75) is 19.0 Å². The van der Waals surface area contributed by atoms with Gasteiger partial charge < -0.3 is 4.57 Å². The first-order valence-corrected chi connectivity index (χ1v) is 7.39. The molecule has 0 aromatic carbocycles. The van der Waals surface area contributed by atoms with E-state index in [2.05, 4.69) is 49.5 Å². The first-order valence-electron chi connectivity index (χ1n) is 6.51. The van der Waals surface area contributed by atoms with E-state index in [0.29, 0.717) is 0 Å². The number of imidazole rings is 1. The second-order valence-corrected chi connectivity index (χ2v) is 5.74. The van der Waals surface area contributed by atoms with Crippen molar-refractivity contribution in [2.75, 3.05) is 0 Å².